The Morgan fingerprint density at radius 3 is 2.62 bits per heavy atom. The van der Waals surface area contributed by atoms with Gasteiger partial charge in [-0.25, -0.2) is 4.99 Å². The van der Waals surface area contributed by atoms with Gasteiger partial charge in [0.05, 0.1) is 38.7 Å². The van der Waals surface area contributed by atoms with Gasteiger partial charge < -0.3 is 4.90 Å². The molecule has 0 unspecified atom stereocenters. The number of thiophene rings is 1. The van der Waals surface area contributed by atoms with Crippen LogP contribution in [0, 0.1) is 0 Å². The van der Waals surface area contributed by atoms with Gasteiger partial charge in [-0.2, -0.15) is 0 Å². The van der Waals surface area contributed by atoms with Crippen LogP contribution >= 0.6 is 38.9 Å². The molecule has 2 heterocycles. The number of halogens is 2. The number of benzene rings is 2. The zero-order valence-corrected chi connectivity index (χ0v) is 16.8. The third-order valence-electron chi connectivity index (χ3n) is 4.19. The van der Waals surface area contributed by atoms with Crippen molar-refractivity contribution in [1.29, 1.82) is 0 Å². The number of rotatable bonds is 3. The van der Waals surface area contributed by atoms with Gasteiger partial charge in [-0.3, -0.25) is 4.79 Å². The van der Waals surface area contributed by atoms with E-state index in [1.165, 1.54) is 0 Å². The number of para-hydroxylation sites is 2. The monoisotopic (exact) mass is 444 g/mol. The molecule has 0 saturated carbocycles. The first-order chi connectivity index (χ1) is 12.6. The molecule has 4 rings (SSSR count). The van der Waals surface area contributed by atoms with Crippen molar-refractivity contribution in [1.82, 2.24) is 0 Å². The number of carbonyl (C=O) groups is 1. The van der Waals surface area contributed by atoms with Gasteiger partial charge in [0.1, 0.15) is 0 Å². The number of hydrogen-bond donors (Lipinski definition) is 0. The maximum atomic E-state index is 13.1. The van der Waals surface area contributed by atoms with E-state index in [2.05, 4.69) is 15.9 Å². The van der Waals surface area contributed by atoms with Crippen LogP contribution in [-0.2, 0) is 11.3 Å². The van der Waals surface area contributed by atoms with Crippen LogP contribution in [0.15, 0.2) is 69.4 Å². The number of amides is 1. The van der Waals surface area contributed by atoms with E-state index in [1.54, 1.807) is 16.2 Å². The van der Waals surface area contributed by atoms with Crippen molar-refractivity contribution in [3.05, 3.63) is 79.9 Å². The molecule has 0 N–H and O–H groups in total. The Labute approximate surface area is 169 Å². The lowest BCUT2D eigenvalue weighted by molar-refractivity contribution is -0.117. The first-order valence-corrected chi connectivity index (χ1v) is 10.1. The molecule has 0 saturated heterocycles. The van der Waals surface area contributed by atoms with Crippen molar-refractivity contribution >= 4 is 61.9 Å². The first kappa shape index (κ1) is 17.5. The summed E-state index contributed by atoms with van der Waals surface area (Å²) in [5.74, 6) is 0.0122. The molecular formula is C20H14BrClN2OS. The lowest BCUT2D eigenvalue weighted by Gasteiger charge is -2.23. The van der Waals surface area contributed by atoms with Crippen molar-refractivity contribution < 1.29 is 4.79 Å². The smallest absolute Gasteiger partial charge is 0.233 e. The molecule has 1 aromatic heterocycles. The SMILES string of the molecule is O=C1CC(c2ccc(Br)s2)=Nc2ccccc2N1Cc1ccccc1Cl. The number of hydrogen-bond acceptors (Lipinski definition) is 3. The Morgan fingerprint density at radius 1 is 1.08 bits per heavy atom. The van der Waals surface area contributed by atoms with Crippen LogP contribution in [0.25, 0.3) is 0 Å². The fourth-order valence-electron chi connectivity index (χ4n) is 2.93. The zero-order valence-electron chi connectivity index (χ0n) is 13.7. The average Bonchev–Trinajstić information content (AvgIpc) is 3.01. The minimum Gasteiger partial charge on any atom is -0.305 e. The van der Waals surface area contributed by atoms with Gasteiger partial charge in [0.2, 0.25) is 5.91 Å². The number of nitrogens with zero attached hydrogens (tertiary/aromatic N) is 2. The number of anilines is 1. The van der Waals surface area contributed by atoms with E-state index in [1.807, 2.05) is 60.7 Å². The van der Waals surface area contributed by atoms with E-state index >= 15 is 0 Å². The molecule has 130 valence electrons. The second-order valence-corrected chi connectivity index (χ2v) is 8.77. The van der Waals surface area contributed by atoms with Crippen LogP contribution in [-0.4, -0.2) is 11.6 Å². The van der Waals surface area contributed by atoms with Gasteiger partial charge >= 0.3 is 0 Å². The Morgan fingerprint density at radius 2 is 1.85 bits per heavy atom. The molecule has 1 aliphatic rings. The molecule has 3 aromatic rings. The summed E-state index contributed by atoms with van der Waals surface area (Å²) in [5.41, 5.74) is 3.31. The van der Waals surface area contributed by atoms with Gasteiger partial charge in [0.15, 0.2) is 0 Å². The maximum Gasteiger partial charge on any atom is 0.233 e. The van der Waals surface area contributed by atoms with E-state index in [9.17, 15) is 4.79 Å². The molecule has 6 heteroatoms. The van der Waals surface area contributed by atoms with Crippen LogP contribution in [0.1, 0.15) is 16.9 Å². The highest BCUT2D eigenvalue weighted by Crippen LogP contribution is 2.35. The Bertz CT molecular complexity index is 1010. The highest BCUT2D eigenvalue weighted by atomic mass is 79.9. The van der Waals surface area contributed by atoms with Crippen LogP contribution < -0.4 is 4.90 Å². The molecule has 1 aliphatic heterocycles. The van der Waals surface area contributed by atoms with Crippen LogP contribution in [0.3, 0.4) is 0 Å². The highest BCUT2D eigenvalue weighted by Gasteiger charge is 2.26. The van der Waals surface area contributed by atoms with E-state index in [4.69, 9.17) is 16.6 Å². The topological polar surface area (TPSA) is 32.7 Å². The summed E-state index contributed by atoms with van der Waals surface area (Å²) in [6.45, 7) is 0.423. The van der Waals surface area contributed by atoms with Crippen molar-refractivity contribution in [2.45, 2.75) is 13.0 Å². The van der Waals surface area contributed by atoms with E-state index < -0.39 is 0 Å². The zero-order chi connectivity index (χ0) is 18.1. The molecule has 1 amide bonds. The normalized spacial score (nSPS) is 14.0. The third-order valence-corrected chi connectivity index (χ3v) is 6.23. The highest BCUT2D eigenvalue weighted by molar-refractivity contribution is 9.11. The predicted molar refractivity (Wildman–Crippen MR) is 112 cm³/mol. The Balaban J connectivity index is 1.76. The summed E-state index contributed by atoms with van der Waals surface area (Å²) in [7, 11) is 0. The lowest BCUT2D eigenvalue weighted by Crippen LogP contribution is -2.31. The first-order valence-electron chi connectivity index (χ1n) is 8.08. The summed E-state index contributed by atoms with van der Waals surface area (Å²) >= 11 is 11.4. The van der Waals surface area contributed by atoms with Gasteiger partial charge in [-0.05, 0) is 51.8 Å². The Hall–Kier alpha value is -1.95. The fourth-order valence-corrected chi connectivity index (χ4v) is 4.50. The minimum absolute atomic E-state index is 0.0122. The summed E-state index contributed by atoms with van der Waals surface area (Å²) in [6, 6.07) is 19.3. The summed E-state index contributed by atoms with van der Waals surface area (Å²) < 4.78 is 1.02. The van der Waals surface area contributed by atoms with Gasteiger partial charge in [-0.1, -0.05) is 41.9 Å². The molecule has 2 aromatic carbocycles. The van der Waals surface area contributed by atoms with Crippen molar-refractivity contribution in [2.24, 2.45) is 4.99 Å². The second-order valence-electron chi connectivity index (χ2n) is 5.90. The molecule has 0 spiro atoms. The van der Waals surface area contributed by atoms with E-state index in [0.717, 1.165) is 31.3 Å². The molecule has 26 heavy (non-hydrogen) atoms. The van der Waals surface area contributed by atoms with Gasteiger partial charge in [0.25, 0.3) is 0 Å². The minimum atomic E-state index is 0.0122. The number of fused-ring (bicyclic) bond motifs is 1. The second kappa shape index (κ2) is 7.35. The van der Waals surface area contributed by atoms with Gasteiger partial charge in [0, 0.05) is 5.02 Å². The fraction of sp³-hybridized carbons (Fsp3) is 0.100. The largest absolute Gasteiger partial charge is 0.305 e. The molecule has 0 bridgehead atoms. The quantitative estimate of drug-likeness (QED) is 0.471. The van der Waals surface area contributed by atoms with Gasteiger partial charge in [-0.15, -0.1) is 11.3 Å². The summed E-state index contributed by atoms with van der Waals surface area (Å²) in [6.07, 6.45) is 0.256. The maximum absolute atomic E-state index is 13.1. The summed E-state index contributed by atoms with van der Waals surface area (Å²) in [5, 5.41) is 0.658. The molecule has 0 radical (unpaired) electrons. The van der Waals surface area contributed by atoms with Crippen molar-refractivity contribution in [3.63, 3.8) is 0 Å². The molecule has 3 nitrogen and oxygen atoms in total. The summed E-state index contributed by atoms with van der Waals surface area (Å²) in [4.78, 5) is 20.6. The molecule has 0 fully saturated rings. The standard InChI is InChI=1S/C20H14BrClN2OS/c21-19-10-9-18(26-19)16-11-20(25)24(12-13-5-1-2-6-14(13)22)17-8-4-3-7-15(17)23-16/h1-10H,11-12H2. The van der Waals surface area contributed by atoms with Crippen LogP contribution in [0.5, 0.6) is 0 Å². The lowest BCUT2D eigenvalue weighted by atomic mass is 10.1. The van der Waals surface area contributed by atoms with E-state index in [0.29, 0.717) is 11.6 Å². The molecule has 0 aliphatic carbocycles. The predicted octanol–water partition coefficient (Wildman–Crippen LogP) is 6.22. The number of carbonyl (C=O) groups excluding carboxylic acids is 1. The molecule has 0 atom stereocenters. The van der Waals surface area contributed by atoms with Crippen molar-refractivity contribution in [2.75, 3.05) is 4.90 Å². The van der Waals surface area contributed by atoms with E-state index in [-0.39, 0.29) is 12.3 Å². The van der Waals surface area contributed by atoms with Crippen molar-refractivity contribution in [3.8, 4) is 0 Å². The molecular weight excluding hydrogens is 432 g/mol. The number of aliphatic imine (C=N–C) groups is 1. The third kappa shape index (κ3) is 3.47. The average molecular weight is 446 g/mol. The Kier molecular flexibility index (Phi) is 4.94. The van der Waals surface area contributed by atoms with Crippen LogP contribution in [0.2, 0.25) is 5.02 Å². The van der Waals surface area contributed by atoms with Crippen LogP contribution in [0.4, 0.5) is 11.4 Å².